The monoisotopic (exact) mass is 400 g/mol. The number of halogens is 2. The Hall–Kier alpha value is -2.18. The van der Waals surface area contributed by atoms with Gasteiger partial charge in [-0.2, -0.15) is 0 Å². The van der Waals surface area contributed by atoms with Gasteiger partial charge in [0.15, 0.2) is 18.6 Å². The molecule has 144 valence electrons. The minimum atomic E-state index is -0.189. The lowest BCUT2D eigenvalue weighted by molar-refractivity contribution is -0.672. The lowest BCUT2D eigenvalue weighted by Gasteiger charge is -2.19. The van der Waals surface area contributed by atoms with Crippen molar-refractivity contribution in [3.8, 4) is 0 Å². The number of hydrogen-bond acceptors (Lipinski definition) is 3. The zero-order valence-corrected chi connectivity index (χ0v) is 17.2. The highest BCUT2D eigenvalue weighted by Gasteiger charge is 2.16. The van der Waals surface area contributed by atoms with Gasteiger partial charge in [0.05, 0.1) is 0 Å². The maximum atomic E-state index is 11.7. The summed E-state index contributed by atoms with van der Waals surface area (Å²) in [6, 6.07) is 9.32. The number of carbonyl (C=O) groups excluding carboxylic acids is 1. The number of carbonyl (C=O) groups is 1. The third-order valence-corrected chi connectivity index (χ3v) is 2.98. The Balaban J connectivity index is 0. The number of nitrogens with zero attached hydrogens (tertiary/aromatic N) is 3. The Morgan fingerprint density at radius 3 is 2.27 bits per heavy atom. The van der Waals surface area contributed by atoms with E-state index in [0.717, 1.165) is 5.69 Å². The van der Waals surface area contributed by atoms with Crippen molar-refractivity contribution in [2.24, 2.45) is 19.3 Å². The summed E-state index contributed by atoms with van der Waals surface area (Å²) in [5.41, 5.74) is 1.36. The van der Waals surface area contributed by atoms with E-state index >= 15 is 0 Å². The summed E-state index contributed by atoms with van der Waals surface area (Å²) in [6.45, 7) is 5.90. The second-order valence-corrected chi connectivity index (χ2v) is 6.44. The molecule has 26 heavy (non-hydrogen) atoms. The van der Waals surface area contributed by atoms with E-state index in [9.17, 15) is 4.79 Å². The molecule has 1 amide bonds. The van der Waals surface area contributed by atoms with Gasteiger partial charge in [0.25, 0.3) is 5.91 Å². The fourth-order valence-corrected chi connectivity index (χ4v) is 1.86. The largest absolute Gasteiger partial charge is 1.00 e. The third kappa shape index (κ3) is 9.96. The first-order chi connectivity index (χ1) is 11.2. The van der Waals surface area contributed by atoms with E-state index in [-0.39, 0.29) is 36.3 Å². The SMILES string of the molecule is C[n+]1cccc(C(=O)NC(C)(C)C)c1.C[n+]1ccccc1C=NO.[Cl-].[Cl-]. The Kier molecular flexibility index (Phi) is 12.2. The number of aryl methyl sites for hydroxylation is 2. The molecule has 2 N–H and O–H groups in total. The molecular formula is C18H26Cl2N4O2. The number of aromatic nitrogens is 2. The van der Waals surface area contributed by atoms with Gasteiger partial charge in [-0.15, -0.1) is 0 Å². The number of oxime groups is 1. The Labute approximate surface area is 167 Å². The van der Waals surface area contributed by atoms with Crippen LogP contribution in [-0.4, -0.2) is 22.9 Å². The molecule has 0 atom stereocenters. The maximum absolute atomic E-state index is 11.7. The summed E-state index contributed by atoms with van der Waals surface area (Å²) in [7, 11) is 3.78. The highest BCUT2D eigenvalue weighted by Crippen LogP contribution is 2.02. The van der Waals surface area contributed by atoms with Gasteiger partial charge >= 0.3 is 0 Å². The molecule has 2 heterocycles. The van der Waals surface area contributed by atoms with Crippen LogP contribution in [-0.2, 0) is 14.1 Å². The van der Waals surface area contributed by atoms with Gasteiger partial charge < -0.3 is 35.3 Å². The second kappa shape index (κ2) is 12.2. The number of hydrogen-bond donors (Lipinski definition) is 2. The first-order valence-electron chi connectivity index (χ1n) is 7.63. The molecule has 2 aromatic heterocycles. The predicted molar refractivity (Wildman–Crippen MR) is 91.8 cm³/mol. The second-order valence-electron chi connectivity index (χ2n) is 6.44. The van der Waals surface area contributed by atoms with Gasteiger partial charge in [-0.25, -0.2) is 9.13 Å². The van der Waals surface area contributed by atoms with E-state index in [2.05, 4.69) is 10.5 Å². The maximum Gasteiger partial charge on any atom is 0.257 e. The Morgan fingerprint density at radius 1 is 1.12 bits per heavy atom. The smallest absolute Gasteiger partial charge is 0.257 e. The van der Waals surface area contributed by atoms with Gasteiger partial charge in [-0.3, -0.25) is 4.79 Å². The van der Waals surface area contributed by atoms with Gasteiger partial charge in [0, 0.05) is 23.7 Å². The van der Waals surface area contributed by atoms with Crippen LogP contribution in [0.1, 0.15) is 36.8 Å². The standard InChI is InChI=1S/C11H16N2O.C7H8N2O.2ClH/c1-11(2,3)12-10(14)9-6-5-7-13(4)8-9;1-9-5-3-2-4-7(9)6-8-10;;/h5-8H,1-4H3;2-6H,1H3;2*1H. The minimum absolute atomic E-state index is 0. The van der Waals surface area contributed by atoms with Crippen LogP contribution in [0.25, 0.3) is 0 Å². The summed E-state index contributed by atoms with van der Waals surface area (Å²) in [6.07, 6.45) is 6.98. The third-order valence-electron chi connectivity index (χ3n) is 2.98. The van der Waals surface area contributed by atoms with Crippen molar-refractivity contribution in [1.82, 2.24) is 5.32 Å². The topological polar surface area (TPSA) is 69.5 Å². The summed E-state index contributed by atoms with van der Waals surface area (Å²) < 4.78 is 3.72. The van der Waals surface area contributed by atoms with E-state index in [1.54, 1.807) is 12.3 Å². The van der Waals surface area contributed by atoms with Crippen LogP contribution >= 0.6 is 0 Å². The van der Waals surface area contributed by atoms with Crippen molar-refractivity contribution >= 4 is 12.1 Å². The molecule has 2 aromatic rings. The summed E-state index contributed by atoms with van der Waals surface area (Å²) in [4.78, 5) is 11.7. The fraction of sp³-hybridized carbons (Fsp3) is 0.333. The van der Waals surface area contributed by atoms with E-state index in [4.69, 9.17) is 5.21 Å². The highest BCUT2D eigenvalue weighted by atomic mass is 35.5. The lowest BCUT2D eigenvalue weighted by atomic mass is 10.1. The molecule has 8 heteroatoms. The van der Waals surface area contributed by atoms with E-state index in [1.165, 1.54) is 6.21 Å². The van der Waals surface area contributed by atoms with Crippen LogP contribution in [0.15, 0.2) is 54.1 Å². The molecule has 0 unspecified atom stereocenters. The molecule has 0 spiro atoms. The molecule has 0 aliphatic heterocycles. The molecule has 0 aliphatic carbocycles. The first kappa shape index (κ1) is 26.1. The average molecular weight is 401 g/mol. The van der Waals surface area contributed by atoms with Crippen LogP contribution < -0.4 is 39.3 Å². The van der Waals surface area contributed by atoms with Crippen LogP contribution in [0.4, 0.5) is 0 Å². The molecule has 0 saturated carbocycles. The number of rotatable bonds is 2. The predicted octanol–water partition coefficient (Wildman–Crippen LogP) is -4.63. The lowest BCUT2D eigenvalue weighted by Crippen LogP contribution is -3.00. The first-order valence-corrected chi connectivity index (χ1v) is 7.63. The normalized spacial score (nSPS) is 10.0. The molecule has 0 bridgehead atoms. The molecule has 0 aliphatic rings. The van der Waals surface area contributed by atoms with Gasteiger partial charge in [-0.05, 0) is 32.9 Å². The van der Waals surface area contributed by atoms with Crippen molar-refractivity contribution in [1.29, 1.82) is 0 Å². The van der Waals surface area contributed by atoms with Crippen LogP contribution in [0, 0.1) is 0 Å². The molecular weight excluding hydrogens is 375 g/mol. The van der Waals surface area contributed by atoms with E-state index < -0.39 is 0 Å². The van der Waals surface area contributed by atoms with E-state index in [0.29, 0.717) is 5.56 Å². The molecule has 2 rings (SSSR count). The minimum Gasteiger partial charge on any atom is -1.00 e. The fourth-order valence-electron chi connectivity index (χ4n) is 1.86. The molecule has 0 aromatic carbocycles. The van der Waals surface area contributed by atoms with Gasteiger partial charge in [0.2, 0.25) is 5.69 Å². The zero-order valence-electron chi connectivity index (χ0n) is 15.6. The number of pyridine rings is 2. The molecule has 0 radical (unpaired) electrons. The number of nitrogens with one attached hydrogen (secondary N) is 1. The Bertz CT molecular complexity index is 716. The van der Waals surface area contributed by atoms with Gasteiger partial charge in [-0.1, -0.05) is 5.16 Å². The highest BCUT2D eigenvalue weighted by molar-refractivity contribution is 5.94. The van der Waals surface area contributed by atoms with Crippen LogP contribution in [0.5, 0.6) is 0 Å². The van der Waals surface area contributed by atoms with Crippen LogP contribution in [0.3, 0.4) is 0 Å². The number of amides is 1. The van der Waals surface area contributed by atoms with Crippen molar-refractivity contribution in [2.45, 2.75) is 26.3 Å². The average Bonchev–Trinajstić information content (AvgIpc) is 2.49. The molecule has 6 nitrogen and oxygen atoms in total. The van der Waals surface area contributed by atoms with Crippen molar-refractivity contribution < 1.29 is 44.0 Å². The van der Waals surface area contributed by atoms with Crippen LogP contribution in [0.2, 0.25) is 0 Å². The summed E-state index contributed by atoms with van der Waals surface area (Å²) in [5, 5.41) is 14.0. The van der Waals surface area contributed by atoms with E-state index in [1.807, 2.05) is 80.7 Å². The Morgan fingerprint density at radius 2 is 1.77 bits per heavy atom. The quantitative estimate of drug-likeness (QED) is 0.230. The molecule has 0 saturated heterocycles. The van der Waals surface area contributed by atoms with Crippen molar-refractivity contribution in [2.75, 3.05) is 0 Å². The van der Waals surface area contributed by atoms with Crippen molar-refractivity contribution in [3.63, 3.8) is 0 Å². The molecule has 0 fully saturated rings. The zero-order chi connectivity index (χ0) is 18.2. The van der Waals surface area contributed by atoms with Crippen molar-refractivity contribution in [3.05, 3.63) is 60.2 Å². The summed E-state index contributed by atoms with van der Waals surface area (Å²) >= 11 is 0. The summed E-state index contributed by atoms with van der Waals surface area (Å²) in [5.74, 6) is -0.0336. The van der Waals surface area contributed by atoms with Gasteiger partial charge in [0.1, 0.15) is 25.9 Å².